The van der Waals surface area contributed by atoms with E-state index in [1.54, 1.807) is 36.4 Å². The number of nitrogens with one attached hydrogen (secondary N) is 1. The molecule has 0 heterocycles. The summed E-state index contributed by atoms with van der Waals surface area (Å²) >= 11 is 0. The number of methoxy groups -OCH3 is 1. The van der Waals surface area contributed by atoms with Gasteiger partial charge in [0.2, 0.25) is 11.6 Å². The summed E-state index contributed by atoms with van der Waals surface area (Å²) in [6.45, 7) is 3.75. The fraction of sp³-hybridized carbons (Fsp3) is 0.222. The molecule has 0 radical (unpaired) electrons. The fourth-order valence-electron chi connectivity index (χ4n) is 4.21. The van der Waals surface area contributed by atoms with Crippen LogP contribution in [0.3, 0.4) is 0 Å². The zero-order valence-corrected chi connectivity index (χ0v) is 19.1. The van der Waals surface area contributed by atoms with Crippen LogP contribution in [0.5, 0.6) is 11.5 Å². The minimum atomic E-state index is -0.743. The lowest BCUT2D eigenvalue weighted by Crippen LogP contribution is -2.36. The molecule has 3 aromatic carbocycles. The van der Waals surface area contributed by atoms with Crippen molar-refractivity contribution in [2.75, 3.05) is 13.7 Å². The molecule has 174 valence electrons. The number of hydrogen-bond acceptors (Lipinski definition) is 6. The molecule has 7 heteroatoms. The van der Waals surface area contributed by atoms with Crippen molar-refractivity contribution in [2.24, 2.45) is 5.41 Å². The largest absolute Gasteiger partial charge is 0.507 e. The number of allylic oxidation sites excluding steroid dienone is 1. The highest BCUT2D eigenvalue weighted by Gasteiger charge is 2.35. The highest BCUT2D eigenvalue weighted by molar-refractivity contribution is 6.52. The maximum Gasteiger partial charge on any atom is 0.255 e. The molecule has 0 unspecified atom stereocenters. The second kappa shape index (κ2) is 8.67. The van der Waals surface area contributed by atoms with Gasteiger partial charge in [0, 0.05) is 34.0 Å². The Labute approximate surface area is 196 Å². The first-order chi connectivity index (χ1) is 16.1. The summed E-state index contributed by atoms with van der Waals surface area (Å²) in [6, 6.07) is 15.0. The molecule has 0 fully saturated rings. The minimum Gasteiger partial charge on any atom is -0.507 e. The molecule has 3 aromatic rings. The Kier molecular flexibility index (Phi) is 5.87. The highest BCUT2D eigenvalue weighted by Crippen LogP contribution is 2.37. The Morgan fingerprint density at radius 1 is 0.941 bits per heavy atom. The number of amides is 1. The summed E-state index contributed by atoms with van der Waals surface area (Å²) in [6.07, 6.45) is 0.0744. The summed E-state index contributed by atoms with van der Waals surface area (Å²) < 4.78 is 5.39. The lowest BCUT2D eigenvalue weighted by Gasteiger charge is -2.28. The van der Waals surface area contributed by atoms with Gasteiger partial charge in [-0.2, -0.15) is 0 Å². The van der Waals surface area contributed by atoms with Gasteiger partial charge >= 0.3 is 0 Å². The van der Waals surface area contributed by atoms with Gasteiger partial charge in [-0.25, -0.2) is 0 Å². The Morgan fingerprint density at radius 3 is 2.24 bits per heavy atom. The molecule has 0 atom stereocenters. The summed E-state index contributed by atoms with van der Waals surface area (Å²) in [4.78, 5) is 38.1. The Bertz CT molecular complexity index is 1370. The zero-order valence-electron chi connectivity index (χ0n) is 19.1. The van der Waals surface area contributed by atoms with Crippen LogP contribution in [0.25, 0.3) is 16.5 Å². The summed E-state index contributed by atoms with van der Waals surface area (Å²) in [5.74, 6) is -1.82. The molecule has 1 aliphatic rings. The number of phenols is 1. The van der Waals surface area contributed by atoms with E-state index in [-0.39, 0.29) is 41.2 Å². The molecule has 0 aliphatic heterocycles. The molecule has 3 N–H and O–H groups in total. The van der Waals surface area contributed by atoms with Crippen LogP contribution in [0, 0.1) is 5.41 Å². The Hall–Kier alpha value is -4.13. The van der Waals surface area contributed by atoms with Gasteiger partial charge < -0.3 is 20.3 Å². The van der Waals surface area contributed by atoms with Gasteiger partial charge in [-0.15, -0.1) is 0 Å². The van der Waals surface area contributed by atoms with Crippen molar-refractivity contribution in [3.8, 4) is 11.5 Å². The standard InChI is InChI=1S/C27H25NO6/c1-27(2,13-20-23(30)17-10-6-7-11-18(17)24(31)25(20)32)14-28-26(33)19-12-21(34-3)15-8-4-5-9-16(15)22(19)29/h4-12,29-30H,13-14H2,1-3H3,(H,28,33). The molecule has 34 heavy (non-hydrogen) atoms. The van der Waals surface area contributed by atoms with Gasteiger partial charge in [-0.05, 0) is 17.9 Å². The first-order valence-electron chi connectivity index (χ1n) is 10.8. The number of Topliss-reactive ketones (excluding diaryl/α,β-unsaturated/α-hetero) is 2. The van der Waals surface area contributed by atoms with Crippen molar-refractivity contribution in [3.63, 3.8) is 0 Å². The smallest absolute Gasteiger partial charge is 0.255 e. The maximum absolute atomic E-state index is 13.0. The van der Waals surface area contributed by atoms with Crippen LogP contribution in [0.15, 0.2) is 60.2 Å². The number of benzene rings is 3. The maximum atomic E-state index is 13.0. The number of ketones is 2. The minimum absolute atomic E-state index is 0.0261. The van der Waals surface area contributed by atoms with Crippen molar-refractivity contribution in [2.45, 2.75) is 20.3 Å². The lowest BCUT2D eigenvalue weighted by molar-refractivity contribution is -0.112. The molecule has 1 aliphatic carbocycles. The molecule has 4 rings (SSSR count). The van der Waals surface area contributed by atoms with Crippen LogP contribution < -0.4 is 10.1 Å². The molecule has 0 spiro atoms. The van der Waals surface area contributed by atoms with E-state index >= 15 is 0 Å². The predicted octanol–water partition coefficient (Wildman–Crippen LogP) is 4.43. The monoisotopic (exact) mass is 459 g/mol. The number of ether oxygens (including phenoxy) is 1. The van der Waals surface area contributed by atoms with Crippen LogP contribution in [0.1, 0.15) is 46.5 Å². The van der Waals surface area contributed by atoms with Crippen LogP contribution >= 0.6 is 0 Å². The number of carbonyl (C=O) groups excluding carboxylic acids is 3. The van der Waals surface area contributed by atoms with Gasteiger partial charge in [0.25, 0.3) is 5.91 Å². The van der Waals surface area contributed by atoms with Crippen molar-refractivity contribution in [3.05, 3.63) is 76.9 Å². The molecular formula is C27H25NO6. The number of carbonyl (C=O) groups is 3. The number of rotatable bonds is 6. The molecule has 0 saturated carbocycles. The lowest BCUT2D eigenvalue weighted by atomic mass is 9.79. The first kappa shape index (κ1) is 23.0. The third-order valence-corrected chi connectivity index (χ3v) is 6.02. The molecule has 0 bridgehead atoms. The van der Waals surface area contributed by atoms with E-state index in [1.165, 1.54) is 19.2 Å². The van der Waals surface area contributed by atoms with Gasteiger partial charge in [0.05, 0.1) is 12.7 Å². The second-order valence-corrected chi connectivity index (χ2v) is 9.08. The average Bonchev–Trinajstić information content (AvgIpc) is 2.84. The number of aliphatic hydroxyl groups excluding tert-OH is 1. The van der Waals surface area contributed by atoms with E-state index < -0.39 is 22.9 Å². The molecular weight excluding hydrogens is 434 g/mol. The van der Waals surface area contributed by atoms with E-state index in [0.717, 1.165) is 0 Å². The number of aromatic hydroxyl groups is 1. The van der Waals surface area contributed by atoms with Crippen molar-refractivity contribution in [1.82, 2.24) is 5.32 Å². The topological polar surface area (TPSA) is 113 Å². The summed E-state index contributed by atoms with van der Waals surface area (Å²) in [5, 5.41) is 25.3. The average molecular weight is 459 g/mol. The number of aliphatic hydroxyl groups is 1. The fourth-order valence-corrected chi connectivity index (χ4v) is 4.21. The van der Waals surface area contributed by atoms with Gasteiger partial charge in [-0.3, -0.25) is 14.4 Å². The SMILES string of the molecule is COc1cc(C(=O)NCC(C)(C)CC2=C(O)c3ccccc3C(=O)C2=O)c(O)c2ccccc12. The number of fused-ring (bicyclic) bond motifs is 2. The third-order valence-electron chi connectivity index (χ3n) is 6.02. The van der Waals surface area contributed by atoms with Crippen LogP contribution in [0.4, 0.5) is 0 Å². The Morgan fingerprint density at radius 2 is 1.56 bits per heavy atom. The first-order valence-corrected chi connectivity index (χ1v) is 10.8. The van der Waals surface area contributed by atoms with Gasteiger partial charge in [0.1, 0.15) is 17.3 Å². The zero-order chi connectivity index (χ0) is 24.6. The van der Waals surface area contributed by atoms with Crippen LogP contribution in [-0.2, 0) is 4.79 Å². The van der Waals surface area contributed by atoms with E-state index in [4.69, 9.17) is 4.74 Å². The van der Waals surface area contributed by atoms with Crippen molar-refractivity contribution >= 4 is 34.0 Å². The van der Waals surface area contributed by atoms with Crippen LogP contribution in [0.2, 0.25) is 0 Å². The van der Waals surface area contributed by atoms with Crippen LogP contribution in [-0.4, -0.2) is 41.3 Å². The summed E-state index contributed by atoms with van der Waals surface area (Å²) in [5.41, 5.74) is -0.0854. The highest BCUT2D eigenvalue weighted by atomic mass is 16.5. The Balaban J connectivity index is 1.56. The normalized spacial score (nSPS) is 13.7. The van der Waals surface area contributed by atoms with Gasteiger partial charge in [-0.1, -0.05) is 62.4 Å². The number of phenolic OH excluding ortho intramolecular Hbond substituents is 1. The van der Waals surface area contributed by atoms with Crippen molar-refractivity contribution < 1.29 is 29.3 Å². The second-order valence-electron chi connectivity index (χ2n) is 9.08. The quantitative estimate of drug-likeness (QED) is 0.470. The predicted molar refractivity (Wildman–Crippen MR) is 128 cm³/mol. The van der Waals surface area contributed by atoms with Crippen molar-refractivity contribution in [1.29, 1.82) is 0 Å². The van der Waals surface area contributed by atoms with E-state index in [2.05, 4.69) is 5.32 Å². The molecule has 7 nitrogen and oxygen atoms in total. The summed E-state index contributed by atoms with van der Waals surface area (Å²) in [7, 11) is 1.49. The van der Waals surface area contributed by atoms with Gasteiger partial charge in [0.15, 0.2) is 0 Å². The molecule has 0 saturated heterocycles. The van der Waals surface area contributed by atoms with E-state index in [0.29, 0.717) is 22.1 Å². The van der Waals surface area contributed by atoms with E-state index in [9.17, 15) is 24.6 Å². The van der Waals surface area contributed by atoms with E-state index in [1.807, 2.05) is 19.9 Å². The molecule has 0 aromatic heterocycles. The number of hydrogen-bond donors (Lipinski definition) is 3. The molecule has 1 amide bonds. The third kappa shape index (κ3) is 4.01.